The molecule has 2 N–H and O–H groups in total. The van der Waals surface area contributed by atoms with Crippen LogP contribution in [0.25, 0.3) is 0 Å². The lowest BCUT2D eigenvalue weighted by Gasteiger charge is -2.01. The Hall–Kier alpha value is -1.68. The molecule has 0 aliphatic heterocycles. The average molecular weight is 287 g/mol. The zero-order valence-electron chi connectivity index (χ0n) is 13.1. The van der Waals surface area contributed by atoms with E-state index in [0.29, 0.717) is 0 Å². The van der Waals surface area contributed by atoms with Crippen LogP contribution < -0.4 is 5.73 Å². The van der Waals surface area contributed by atoms with E-state index < -0.39 is 0 Å². The third-order valence-electron chi connectivity index (χ3n) is 3.50. The Balaban J connectivity index is 1.85. The fourth-order valence-electron chi connectivity index (χ4n) is 2.59. The molecule has 0 aliphatic rings. The molecular weight excluding hydrogens is 262 g/mol. The van der Waals surface area contributed by atoms with Gasteiger partial charge in [0.05, 0.1) is 0 Å². The summed E-state index contributed by atoms with van der Waals surface area (Å²) in [5.41, 5.74) is 9.26. The number of hydrogen-bond acceptors (Lipinski definition) is 4. The molecule has 0 saturated carbocycles. The van der Waals surface area contributed by atoms with Gasteiger partial charge in [-0.25, -0.2) is 0 Å². The molecule has 2 aromatic rings. The van der Waals surface area contributed by atoms with Crippen LogP contribution in [-0.4, -0.2) is 16.7 Å². The zero-order valence-corrected chi connectivity index (χ0v) is 13.1. The van der Waals surface area contributed by atoms with Crippen LogP contribution in [0.1, 0.15) is 54.1 Å². The maximum atomic E-state index is 5.48. The van der Waals surface area contributed by atoms with Gasteiger partial charge in [0.1, 0.15) is 0 Å². The van der Waals surface area contributed by atoms with Gasteiger partial charge in [0.15, 0.2) is 5.82 Å². The number of nitrogens with zero attached hydrogens (tertiary/aromatic N) is 2. The van der Waals surface area contributed by atoms with Crippen molar-refractivity contribution in [3.63, 3.8) is 0 Å². The predicted octanol–water partition coefficient (Wildman–Crippen LogP) is 3.34. The van der Waals surface area contributed by atoms with E-state index in [4.69, 9.17) is 10.3 Å². The largest absolute Gasteiger partial charge is 0.339 e. The highest BCUT2D eigenvalue weighted by Gasteiger charge is 2.07. The Kier molecular flexibility index (Phi) is 5.93. The van der Waals surface area contributed by atoms with Gasteiger partial charge in [-0.05, 0) is 38.8 Å². The first kappa shape index (κ1) is 15.7. The highest BCUT2D eigenvalue weighted by Crippen LogP contribution is 2.13. The summed E-state index contributed by atoms with van der Waals surface area (Å²) in [6.45, 7) is 5.00. The smallest absolute Gasteiger partial charge is 0.226 e. The number of hydrogen-bond donors (Lipinski definition) is 1. The van der Waals surface area contributed by atoms with Gasteiger partial charge in [0.25, 0.3) is 0 Å². The normalized spacial score (nSPS) is 11.0. The summed E-state index contributed by atoms with van der Waals surface area (Å²) in [5, 5.41) is 4.08. The number of rotatable bonds is 8. The number of benzene rings is 1. The first-order chi connectivity index (χ1) is 10.2. The van der Waals surface area contributed by atoms with Crippen LogP contribution in [0.2, 0.25) is 0 Å². The predicted molar refractivity (Wildman–Crippen MR) is 84.2 cm³/mol. The molecule has 0 radical (unpaired) electrons. The maximum absolute atomic E-state index is 5.48. The van der Waals surface area contributed by atoms with E-state index in [1.807, 2.05) is 0 Å². The molecule has 0 atom stereocenters. The van der Waals surface area contributed by atoms with Gasteiger partial charge in [0, 0.05) is 12.8 Å². The van der Waals surface area contributed by atoms with Gasteiger partial charge in [-0.2, -0.15) is 4.98 Å². The molecule has 114 valence electrons. The molecular formula is C17H25N3O. The van der Waals surface area contributed by atoms with Gasteiger partial charge in [-0.1, -0.05) is 47.3 Å². The van der Waals surface area contributed by atoms with E-state index >= 15 is 0 Å². The van der Waals surface area contributed by atoms with Crippen LogP contribution in [-0.2, 0) is 12.8 Å². The quantitative estimate of drug-likeness (QED) is 0.756. The lowest BCUT2D eigenvalue weighted by Crippen LogP contribution is -1.98. The second kappa shape index (κ2) is 7.93. The van der Waals surface area contributed by atoms with E-state index in [2.05, 4.69) is 42.2 Å². The topological polar surface area (TPSA) is 64.9 Å². The summed E-state index contributed by atoms with van der Waals surface area (Å²) in [6, 6.07) is 6.53. The molecule has 1 aromatic heterocycles. The Morgan fingerprint density at radius 1 is 1.00 bits per heavy atom. The van der Waals surface area contributed by atoms with Crippen molar-refractivity contribution in [2.45, 2.75) is 52.4 Å². The molecule has 0 unspecified atom stereocenters. The molecule has 0 amide bonds. The number of nitrogens with two attached hydrogens (primary N) is 1. The van der Waals surface area contributed by atoms with Crippen molar-refractivity contribution in [3.05, 3.63) is 46.6 Å². The van der Waals surface area contributed by atoms with E-state index in [-0.39, 0.29) is 0 Å². The van der Waals surface area contributed by atoms with Crippen molar-refractivity contribution in [2.24, 2.45) is 5.73 Å². The highest BCUT2D eigenvalue weighted by atomic mass is 16.5. The Morgan fingerprint density at radius 2 is 1.71 bits per heavy atom. The molecule has 2 rings (SSSR count). The molecule has 0 aliphatic carbocycles. The SMILES string of the molecule is Cc1cc(C)cc(Cc2noc(CCCCCCN)n2)c1. The van der Waals surface area contributed by atoms with Crippen LogP contribution in [0.5, 0.6) is 0 Å². The Morgan fingerprint density at radius 3 is 2.43 bits per heavy atom. The van der Waals surface area contributed by atoms with Crippen molar-refractivity contribution in [2.75, 3.05) is 6.54 Å². The first-order valence-corrected chi connectivity index (χ1v) is 7.76. The summed E-state index contributed by atoms with van der Waals surface area (Å²) in [7, 11) is 0. The number of aromatic nitrogens is 2. The van der Waals surface area contributed by atoms with Crippen LogP contribution in [0.4, 0.5) is 0 Å². The van der Waals surface area contributed by atoms with Gasteiger partial charge in [0.2, 0.25) is 5.89 Å². The molecule has 21 heavy (non-hydrogen) atoms. The lowest BCUT2D eigenvalue weighted by molar-refractivity contribution is 0.369. The minimum Gasteiger partial charge on any atom is -0.339 e. The van der Waals surface area contributed by atoms with E-state index in [1.165, 1.54) is 29.5 Å². The van der Waals surface area contributed by atoms with E-state index in [1.54, 1.807) is 0 Å². The molecule has 0 saturated heterocycles. The van der Waals surface area contributed by atoms with Gasteiger partial charge in [-0.3, -0.25) is 0 Å². The van der Waals surface area contributed by atoms with Crippen LogP contribution in [0.3, 0.4) is 0 Å². The minimum absolute atomic E-state index is 0.735. The molecule has 1 aromatic carbocycles. The van der Waals surface area contributed by atoms with Crippen molar-refractivity contribution in [3.8, 4) is 0 Å². The minimum atomic E-state index is 0.735. The first-order valence-electron chi connectivity index (χ1n) is 7.76. The van der Waals surface area contributed by atoms with Gasteiger partial charge < -0.3 is 10.3 Å². The Bertz CT molecular complexity index is 543. The lowest BCUT2D eigenvalue weighted by atomic mass is 10.1. The van der Waals surface area contributed by atoms with Gasteiger partial charge in [-0.15, -0.1) is 0 Å². The standard InChI is InChI=1S/C17H25N3O/c1-13-9-14(2)11-15(10-13)12-16-19-17(21-20-16)7-5-3-4-6-8-18/h9-11H,3-8,12,18H2,1-2H3. The summed E-state index contributed by atoms with van der Waals surface area (Å²) in [5.74, 6) is 1.53. The fraction of sp³-hybridized carbons (Fsp3) is 0.529. The van der Waals surface area contributed by atoms with Crippen molar-refractivity contribution in [1.82, 2.24) is 10.1 Å². The van der Waals surface area contributed by atoms with Crippen LogP contribution >= 0.6 is 0 Å². The average Bonchev–Trinajstić information content (AvgIpc) is 2.85. The third kappa shape index (κ3) is 5.31. The molecule has 1 heterocycles. The summed E-state index contributed by atoms with van der Waals surface area (Å²) >= 11 is 0. The van der Waals surface area contributed by atoms with Crippen molar-refractivity contribution in [1.29, 1.82) is 0 Å². The van der Waals surface area contributed by atoms with Crippen molar-refractivity contribution < 1.29 is 4.52 Å². The number of unbranched alkanes of at least 4 members (excludes halogenated alkanes) is 3. The van der Waals surface area contributed by atoms with Crippen molar-refractivity contribution >= 4 is 0 Å². The number of aryl methyl sites for hydroxylation is 3. The molecule has 0 spiro atoms. The molecule has 4 heteroatoms. The van der Waals surface area contributed by atoms with Crippen LogP contribution in [0, 0.1) is 13.8 Å². The monoisotopic (exact) mass is 287 g/mol. The molecule has 0 fully saturated rings. The highest BCUT2D eigenvalue weighted by molar-refractivity contribution is 5.30. The zero-order chi connectivity index (χ0) is 15.1. The fourth-order valence-corrected chi connectivity index (χ4v) is 2.59. The van der Waals surface area contributed by atoms with Gasteiger partial charge >= 0.3 is 0 Å². The third-order valence-corrected chi connectivity index (χ3v) is 3.50. The summed E-state index contributed by atoms with van der Waals surface area (Å²) in [6.07, 6.45) is 6.14. The maximum Gasteiger partial charge on any atom is 0.226 e. The summed E-state index contributed by atoms with van der Waals surface area (Å²) < 4.78 is 5.32. The second-order valence-corrected chi connectivity index (χ2v) is 5.73. The molecule has 0 bridgehead atoms. The second-order valence-electron chi connectivity index (χ2n) is 5.73. The Labute approximate surface area is 126 Å². The summed E-state index contributed by atoms with van der Waals surface area (Å²) in [4.78, 5) is 4.48. The van der Waals surface area contributed by atoms with E-state index in [9.17, 15) is 0 Å². The molecule has 4 nitrogen and oxygen atoms in total. The van der Waals surface area contributed by atoms with Crippen LogP contribution in [0.15, 0.2) is 22.7 Å². The van der Waals surface area contributed by atoms with E-state index in [0.717, 1.165) is 43.9 Å².